The fourth-order valence-corrected chi connectivity index (χ4v) is 3.54. The first-order valence-corrected chi connectivity index (χ1v) is 6.84. The third-order valence-corrected chi connectivity index (χ3v) is 4.48. The van der Waals surface area contributed by atoms with Crippen molar-refractivity contribution >= 4 is 6.01 Å². The van der Waals surface area contributed by atoms with Crippen molar-refractivity contribution in [3.05, 3.63) is 12.5 Å². The van der Waals surface area contributed by atoms with Gasteiger partial charge in [0.05, 0.1) is 12.2 Å². The zero-order valence-corrected chi connectivity index (χ0v) is 10.7. The molecule has 2 N–H and O–H groups in total. The van der Waals surface area contributed by atoms with Crippen LogP contribution in [0.5, 0.6) is 0 Å². The molecule has 1 aliphatic heterocycles. The van der Waals surface area contributed by atoms with Crippen LogP contribution in [0.25, 0.3) is 0 Å². The fraction of sp³-hybridized carbons (Fsp3) is 0.769. The first-order valence-electron chi connectivity index (χ1n) is 6.84. The molecule has 1 aromatic rings. The van der Waals surface area contributed by atoms with Gasteiger partial charge < -0.3 is 14.8 Å². The predicted molar refractivity (Wildman–Crippen MR) is 68.2 cm³/mol. The van der Waals surface area contributed by atoms with Gasteiger partial charge in [-0.2, -0.15) is 0 Å². The number of fused-ring (bicyclic) bond motifs is 1. The lowest BCUT2D eigenvalue weighted by Gasteiger charge is -2.35. The van der Waals surface area contributed by atoms with Gasteiger partial charge in [0.1, 0.15) is 12.5 Å². The van der Waals surface area contributed by atoms with Crippen molar-refractivity contribution in [3.8, 4) is 0 Å². The summed E-state index contributed by atoms with van der Waals surface area (Å²) in [5.74, 6) is 0.657. The minimum atomic E-state index is -0.554. The second-order valence-electron chi connectivity index (χ2n) is 5.37. The molecule has 4 unspecified atom stereocenters. The summed E-state index contributed by atoms with van der Waals surface area (Å²) in [5.41, 5.74) is 0. The molecule has 2 fully saturated rings. The van der Waals surface area contributed by atoms with Gasteiger partial charge in [0.2, 0.25) is 0 Å². The van der Waals surface area contributed by atoms with Gasteiger partial charge >= 0.3 is 0 Å². The molecule has 4 atom stereocenters. The zero-order chi connectivity index (χ0) is 12.5. The van der Waals surface area contributed by atoms with E-state index < -0.39 is 6.23 Å². The highest BCUT2D eigenvalue weighted by atomic mass is 16.4. The van der Waals surface area contributed by atoms with Crippen molar-refractivity contribution in [2.45, 2.75) is 50.4 Å². The third kappa shape index (κ3) is 1.91. The Balaban J connectivity index is 1.93. The molecule has 18 heavy (non-hydrogen) atoms. The van der Waals surface area contributed by atoms with Crippen LogP contribution < -0.4 is 10.2 Å². The molecule has 0 spiro atoms. The molecular weight excluding hydrogens is 230 g/mol. The molecule has 2 heterocycles. The number of aliphatic hydroxyl groups is 1. The SMILES string of the molecule is CNC1CCC2CCCC2N(c2ncco2)C1O. The van der Waals surface area contributed by atoms with Crippen molar-refractivity contribution < 1.29 is 9.52 Å². The van der Waals surface area contributed by atoms with E-state index in [1.165, 1.54) is 19.3 Å². The number of anilines is 1. The van der Waals surface area contributed by atoms with Crippen LogP contribution >= 0.6 is 0 Å². The summed E-state index contributed by atoms with van der Waals surface area (Å²) in [5, 5.41) is 13.8. The average molecular weight is 251 g/mol. The number of oxazole rings is 1. The standard InChI is InChI=1S/C13H21N3O2/c1-14-10-6-5-9-3-2-4-11(9)16(12(10)17)13-15-7-8-18-13/h7-12,14,17H,2-6H2,1H3. The highest BCUT2D eigenvalue weighted by Crippen LogP contribution is 2.39. The van der Waals surface area contributed by atoms with Gasteiger partial charge in [0.25, 0.3) is 6.01 Å². The maximum atomic E-state index is 10.6. The Morgan fingerprint density at radius 3 is 3.00 bits per heavy atom. The summed E-state index contributed by atoms with van der Waals surface area (Å²) in [7, 11) is 1.91. The number of aromatic nitrogens is 1. The molecule has 0 aromatic carbocycles. The first-order chi connectivity index (χ1) is 8.81. The van der Waals surface area contributed by atoms with Gasteiger partial charge in [-0.25, -0.2) is 4.98 Å². The minimum absolute atomic E-state index is 0.0856. The Kier molecular flexibility index (Phi) is 3.26. The van der Waals surface area contributed by atoms with Crippen molar-refractivity contribution in [2.24, 2.45) is 5.92 Å². The van der Waals surface area contributed by atoms with Crippen LogP contribution in [0, 0.1) is 5.92 Å². The monoisotopic (exact) mass is 251 g/mol. The maximum Gasteiger partial charge on any atom is 0.299 e. The summed E-state index contributed by atoms with van der Waals surface area (Å²) < 4.78 is 5.43. The molecule has 1 aromatic heterocycles. The highest BCUT2D eigenvalue weighted by molar-refractivity contribution is 5.31. The molecule has 100 valence electrons. The summed E-state index contributed by atoms with van der Waals surface area (Å²) in [6, 6.07) is 1.01. The lowest BCUT2D eigenvalue weighted by molar-refractivity contribution is 0.115. The van der Waals surface area contributed by atoms with Gasteiger partial charge in [-0.3, -0.25) is 4.90 Å². The largest absolute Gasteiger partial charge is 0.432 e. The van der Waals surface area contributed by atoms with Gasteiger partial charge in [0.15, 0.2) is 0 Å². The van der Waals surface area contributed by atoms with Crippen LogP contribution in [-0.4, -0.2) is 35.4 Å². The number of hydrogen-bond acceptors (Lipinski definition) is 5. The Labute approximate surface area is 107 Å². The van der Waals surface area contributed by atoms with Gasteiger partial charge in [-0.1, -0.05) is 6.42 Å². The number of likely N-dealkylation sites (N-methyl/N-ethyl adjacent to an activating group) is 1. The number of rotatable bonds is 2. The van der Waals surface area contributed by atoms with Gasteiger partial charge in [-0.15, -0.1) is 0 Å². The van der Waals surface area contributed by atoms with Crippen molar-refractivity contribution in [2.75, 3.05) is 11.9 Å². The normalized spacial score (nSPS) is 36.4. The highest BCUT2D eigenvalue weighted by Gasteiger charge is 2.42. The van der Waals surface area contributed by atoms with E-state index >= 15 is 0 Å². The average Bonchev–Trinajstić information content (AvgIpc) is 3.01. The summed E-state index contributed by atoms with van der Waals surface area (Å²) in [6.45, 7) is 0. The van der Waals surface area contributed by atoms with Crippen LogP contribution in [0.4, 0.5) is 6.01 Å². The van der Waals surface area contributed by atoms with Crippen molar-refractivity contribution in [1.29, 1.82) is 0 Å². The molecule has 1 aliphatic carbocycles. The van der Waals surface area contributed by atoms with Crippen LogP contribution in [-0.2, 0) is 0 Å². The molecular formula is C13H21N3O2. The van der Waals surface area contributed by atoms with E-state index in [0.29, 0.717) is 18.0 Å². The van der Waals surface area contributed by atoms with Crippen LogP contribution in [0.15, 0.2) is 16.9 Å². The van der Waals surface area contributed by atoms with Gasteiger partial charge in [0, 0.05) is 6.04 Å². The molecule has 1 saturated heterocycles. The van der Waals surface area contributed by atoms with Crippen molar-refractivity contribution in [3.63, 3.8) is 0 Å². The van der Waals surface area contributed by atoms with E-state index in [9.17, 15) is 5.11 Å². The molecule has 3 rings (SSSR count). The smallest absolute Gasteiger partial charge is 0.299 e. The van der Waals surface area contributed by atoms with E-state index in [4.69, 9.17) is 4.42 Å². The number of nitrogens with zero attached hydrogens (tertiary/aromatic N) is 2. The topological polar surface area (TPSA) is 61.5 Å². The van der Waals surface area contributed by atoms with E-state index in [1.54, 1.807) is 12.5 Å². The second kappa shape index (κ2) is 4.90. The Bertz CT molecular complexity index is 380. The predicted octanol–water partition coefficient (Wildman–Crippen LogP) is 1.35. The zero-order valence-electron chi connectivity index (χ0n) is 10.7. The van der Waals surface area contributed by atoms with E-state index in [0.717, 1.165) is 12.8 Å². The Hall–Kier alpha value is -1.07. The molecule has 0 amide bonds. The van der Waals surface area contributed by atoms with E-state index in [1.807, 2.05) is 11.9 Å². The second-order valence-corrected chi connectivity index (χ2v) is 5.37. The van der Waals surface area contributed by atoms with Crippen LogP contribution in [0.2, 0.25) is 0 Å². The summed E-state index contributed by atoms with van der Waals surface area (Å²) in [6.07, 6.45) is 8.47. The third-order valence-electron chi connectivity index (χ3n) is 4.48. The van der Waals surface area contributed by atoms with E-state index in [-0.39, 0.29) is 6.04 Å². The van der Waals surface area contributed by atoms with Crippen LogP contribution in [0.1, 0.15) is 32.1 Å². The summed E-state index contributed by atoms with van der Waals surface area (Å²) >= 11 is 0. The van der Waals surface area contributed by atoms with Crippen LogP contribution in [0.3, 0.4) is 0 Å². The Morgan fingerprint density at radius 2 is 2.28 bits per heavy atom. The fourth-order valence-electron chi connectivity index (χ4n) is 3.54. The lowest BCUT2D eigenvalue weighted by Crippen LogP contribution is -2.52. The Morgan fingerprint density at radius 1 is 1.39 bits per heavy atom. The molecule has 2 aliphatic rings. The lowest BCUT2D eigenvalue weighted by atomic mass is 9.97. The maximum absolute atomic E-state index is 10.6. The molecule has 0 radical (unpaired) electrons. The first kappa shape index (κ1) is 12.0. The molecule has 5 nitrogen and oxygen atoms in total. The van der Waals surface area contributed by atoms with Gasteiger partial charge in [-0.05, 0) is 38.6 Å². The summed E-state index contributed by atoms with van der Waals surface area (Å²) in [4.78, 5) is 6.22. The quantitative estimate of drug-likeness (QED) is 0.831. The van der Waals surface area contributed by atoms with E-state index in [2.05, 4.69) is 10.3 Å². The van der Waals surface area contributed by atoms with Crippen molar-refractivity contribution in [1.82, 2.24) is 10.3 Å². The number of aliphatic hydroxyl groups excluding tert-OH is 1. The molecule has 1 saturated carbocycles. The molecule has 5 heteroatoms. The number of nitrogens with one attached hydrogen (secondary N) is 1. The molecule has 0 bridgehead atoms. The number of hydrogen-bond donors (Lipinski definition) is 2. The minimum Gasteiger partial charge on any atom is -0.432 e.